The van der Waals surface area contributed by atoms with Crippen LogP contribution in [0, 0.1) is 11.6 Å². The second-order valence-corrected chi connectivity index (χ2v) is 6.48. The highest BCUT2D eigenvalue weighted by molar-refractivity contribution is 9.11. The number of rotatable bonds is 4. The van der Waals surface area contributed by atoms with Crippen LogP contribution in [0.25, 0.3) is 0 Å². The van der Waals surface area contributed by atoms with Gasteiger partial charge in [-0.05, 0) is 39.0 Å². The minimum absolute atomic E-state index is 0.00970. The summed E-state index contributed by atoms with van der Waals surface area (Å²) in [6.07, 6.45) is 0. The van der Waals surface area contributed by atoms with E-state index < -0.39 is 11.6 Å². The SMILES string of the molecule is CN(Cc1csc(Br)c1)c1ccc(CN)c(F)c1F. The van der Waals surface area contributed by atoms with Crippen molar-refractivity contribution in [2.24, 2.45) is 5.73 Å². The number of benzene rings is 1. The molecule has 0 aliphatic carbocycles. The Morgan fingerprint density at radius 1 is 1.32 bits per heavy atom. The van der Waals surface area contributed by atoms with Crippen LogP contribution in [0.15, 0.2) is 27.4 Å². The molecule has 0 saturated carbocycles. The summed E-state index contributed by atoms with van der Waals surface area (Å²) in [6.45, 7) is 0.505. The standard InChI is InChI=1S/C13H13BrF2N2S/c1-18(6-8-4-11(14)19-7-8)10-3-2-9(5-17)12(15)13(10)16/h2-4,7H,5-6,17H2,1H3. The summed E-state index contributed by atoms with van der Waals surface area (Å²) in [5.74, 6) is -1.71. The van der Waals surface area contributed by atoms with Crippen molar-refractivity contribution < 1.29 is 8.78 Å². The summed E-state index contributed by atoms with van der Waals surface area (Å²) in [5, 5.41) is 1.98. The highest BCUT2D eigenvalue weighted by Gasteiger charge is 2.15. The predicted molar refractivity (Wildman–Crippen MR) is 78.4 cm³/mol. The van der Waals surface area contributed by atoms with E-state index in [0.717, 1.165) is 9.35 Å². The second-order valence-electron chi connectivity index (χ2n) is 4.19. The molecule has 0 amide bonds. The number of halogens is 3. The van der Waals surface area contributed by atoms with Gasteiger partial charge in [0.2, 0.25) is 0 Å². The molecule has 0 bridgehead atoms. The van der Waals surface area contributed by atoms with Crippen molar-refractivity contribution in [2.45, 2.75) is 13.1 Å². The molecule has 2 N–H and O–H groups in total. The van der Waals surface area contributed by atoms with Gasteiger partial charge in [0.05, 0.1) is 9.47 Å². The smallest absolute Gasteiger partial charge is 0.182 e. The zero-order valence-electron chi connectivity index (χ0n) is 10.3. The summed E-state index contributed by atoms with van der Waals surface area (Å²) in [5.41, 5.74) is 6.81. The van der Waals surface area contributed by atoms with Crippen molar-refractivity contribution in [3.05, 3.63) is 50.1 Å². The van der Waals surface area contributed by atoms with Crippen molar-refractivity contribution in [2.75, 3.05) is 11.9 Å². The van der Waals surface area contributed by atoms with Gasteiger partial charge in [-0.25, -0.2) is 8.78 Å². The first kappa shape index (κ1) is 14.4. The fourth-order valence-corrected chi connectivity index (χ4v) is 3.02. The van der Waals surface area contributed by atoms with Crippen molar-refractivity contribution in [3.63, 3.8) is 0 Å². The average molecular weight is 347 g/mol. The van der Waals surface area contributed by atoms with E-state index in [9.17, 15) is 8.78 Å². The third kappa shape index (κ3) is 3.13. The molecule has 0 fully saturated rings. The molecule has 0 unspecified atom stereocenters. The van der Waals surface area contributed by atoms with Gasteiger partial charge in [0.1, 0.15) is 0 Å². The highest BCUT2D eigenvalue weighted by Crippen LogP contribution is 2.26. The predicted octanol–water partition coefficient (Wildman–Crippen LogP) is 3.88. The molecule has 2 aromatic rings. The van der Waals surface area contributed by atoms with Gasteiger partial charge < -0.3 is 10.6 Å². The van der Waals surface area contributed by atoms with E-state index >= 15 is 0 Å². The van der Waals surface area contributed by atoms with E-state index in [-0.39, 0.29) is 17.8 Å². The van der Waals surface area contributed by atoms with Gasteiger partial charge >= 0.3 is 0 Å². The summed E-state index contributed by atoms with van der Waals surface area (Å²) in [7, 11) is 1.73. The molecule has 1 aromatic carbocycles. The Hall–Kier alpha value is -0.980. The van der Waals surface area contributed by atoms with E-state index in [2.05, 4.69) is 15.9 Å². The molecule has 102 valence electrons. The molecule has 19 heavy (non-hydrogen) atoms. The van der Waals surface area contributed by atoms with Gasteiger partial charge in [-0.3, -0.25) is 0 Å². The van der Waals surface area contributed by atoms with Gasteiger partial charge in [-0.1, -0.05) is 6.07 Å². The summed E-state index contributed by atoms with van der Waals surface area (Å²) < 4.78 is 28.6. The van der Waals surface area contributed by atoms with Crippen LogP contribution in [0.3, 0.4) is 0 Å². The molecule has 0 aliphatic heterocycles. The largest absolute Gasteiger partial charge is 0.368 e. The fourth-order valence-electron chi connectivity index (χ4n) is 1.82. The minimum atomic E-state index is -0.863. The highest BCUT2D eigenvalue weighted by atomic mass is 79.9. The zero-order chi connectivity index (χ0) is 14.0. The molecule has 2 nitrogen and oxygen atoms in total. The van der Waals surface area contributed by atoms with Crippen LogP contribution in [0.4, 0.5) is 14.5 Å². The first-order valence-corrected chi connectivity index (χ1v) is 7.31. The van der Waals surface area contributed by atoms with Gasteiger partial charge in [0, 0.05) is 25.7 Å². The van der Waals surface area contributed by atoms with E-state index in [4.69, 9.17) is 5.73 Å². The Bertz CT molecular complexity index is 586. The van der Waals surface area contributed by atoms with E-state index in [1.165, 1.54) is 6.07 Å². The quantitative estimate of drug-likeness (QED) is 0.909. The zero-order valence-corrected chi connectivity index (χ0v) is 12.7. The number of hydrogen-bond acceptors (Lipinski definition) is 3. The van der Waals surface area contributed by atoms with E-state index in [1.807, 2.05) is 11.4 Å². The van der Waals surface area contributed by atoms with E-state index in [1.54, 1.807) is 29.4 Å². The number of thiophene rings is 1. The van der Waals surface area contributed by atoms with Crippen LogP contribution >= 0.6 is 27.3 Å². The number of nitrogens with zero attached hydrogens (tertiary/aromatic N) is 1. The van der Waals surface area contributed by atoms with E-state index in [0.29, 0.717) is 6.54 Å². The summed E-state index contributed by atoms with van der Waals surface area (Å²) >= 11 is 4.94. The number of nitrogens with two attached hydrogens (primary N) is 1. The third-order valence-corrected chi connectivity index (χ3v) is 4.37. The maximum atomic E-state index is 13.9. The maximum absolute atomic E-state index is 13.9. The van der Waals surface area contributed by atoms with Crippen LogP contribution in [-0.4, -0.2) is 7.05 Å². The Labute approximate surface area is 123 Å². The Balaban J connectivity index is 2.24. The lowest BCUT2D eigenvalue weighted by Gasteiger charge is -2.20. The number of hydrogen-bond donors (Lipinski definition) is 1. The molecule has 1 heterocycles. The maximum Gasteiger partial charge on any atom is 0.182 e. The van der Waals surface area contributed by atoms with Gasteiger partial charge in [0.15, 0.2) is 11.6 Å². The van der Waals surface area contributed by atoms with Gasteiger partial charge in [0.25, 0.3) is 0 Å². The molecule has 6 heteroatoms. The monoisotopic (exact) mass is 346 g/mol. The molecular formula is C13H13BrF2N2S. The summed E-state index contributed by atoms with van der Waals surface area (Å²) in [4.78, 5) is 1.67. The van der Waals surface area contributed by atoms with Crippen molar-refractivity contribution in [1.29, 1.82) is 0 Å². The van der Waals surface area contributed by atoms with Crippen LogP contribution in [0.1, 0.15) is 11.1 Å². The minimum Gasteiger partial charge on any atom is -0.368 e. The number of anilines is 1. The average Bonchev–Trinajstić information content (AvgIpc) is 2.78. The molecule has 0 radical (unpaired) electrons. The molecule has 0 saturated heterocycles. The van der Waals surface area contributed by atoms with Crippen LogP contribution in [0.5, 0.6) is 0 Å². The fraction of sp³-hybridized carbons (Fsp3) is 0.231. The van der Waals surface area contributed by atoms with Gasteiger partial charge in [-0.2, -0.15) is 0 Å². The lowest BCUT2D eigenvalue weighted by molar-refractivity contribution is 0.498. The van der Waals surface area contributed by atoms with Crippen LogP contribution in [0.2, 0.25) is 0 Å². The lowest BCUT2D eigenvalue weighted by atomic mass is 10.1. The molecule has 1 aromatic heterocycles. The van der Waals surface area contributed by atoms with Gasteiger partial charge in [-0.15, -0.1) is 11.3 Å². The molecule has 0 spiro atoms. The lowest BCUT2D eigenvalue weighted by Crippen LogP contribution is -2.18. The first-order chi connectivity index (χ1) is 9.02. The topological polar surface area (TPSA) is 29.3 Å². The van der Waals surface area contributed by atoms with Crippen molar-refractivity contribution in [1.82, 2.24) is 0 Å². The van der Waals surface area contributed by atoms with Crippen LogP contribution < -0.4 is 10.6 Å². The summed E-state index contributed by atoms with van der Waals surface area (Å²) in [6, 6.07) is 5.04. The van der Waals surface area contributed by atoms with Crippen LogP contribution in [-0.2, 0) is 13.1 Å². The molecule has 0 atom stereocenters. The molecular weight excluding hydrogens is 334 g/mol. The molecule has 0 aliphatic rings. The second kappa shape index (κ2) is 5.98. The third-order valence-electron chi connectivity index (χ3n) is 2.81. The Morgan fingerprint density at radius 2 is 2.05 bits per heavy atom. The Morgan fingerprint density at radius 3 is 2.63 bits per heavy atom. The Kier molecular flexibility index (Phi) is 4.54. The van der Waals surface area contributed by atoms with Crippen molar-refractivity contribution in [3.8, 4) is 0 Å². The van der Waals surface area contributed by atoms with Crippen molar-refractivity contribution >= 4 is 33.0 Å². The molecule has 2 rings (SSSR count). The first-order valence-electron chi connectivity index (χ1n) is 5.64. The normalized spacial score (nSPS) is 10.8.